The number of carbonyl (C=O) groups is 2. The van der Waals surface area contributed by atoms with Crippen molar-refractivity contribution in [2.45, 2.75) is 19.3 Å². The van der Waals surface area contributed by atoms with Gasteiger partial charge in [-0.2, -0.15) is 11.8 Å². The van der Waals surface area contributed by atoms with Crippen LogP contribution in [0.25, 0.3) is 0 Å². The molecule has 0 heterocycles. The Labute approximate surface area is 82.1 Å². The van der Waals surface area contributed by atoms with Gasteiger partial charge in [0.05, 0.1) is 0 Å². The fraction of sp³-hybridized carbons (Fsp3) is 0.750. The number of carboxylic acid groups (broad SMARTS) is 1. The molecule has 76 valence electrons. The van der Waals surface area contributed by atoms with Gasteiger partial charge in [0.25, 0.3) is 0 Å². The Balaban J connectivity index is 3.25. The van der Waals surface area contributed by atoms with Gasteiger partial charge in [0.1, 0.15) is 0 Å². The second-order valence-electron chi connectivity index (χ2n) is 2.59. The summed E-state index contributed by atoms with van der Waals surface area (Å²) in [4.78, 5) is 21.1. The number of carboxylic acids is 1. The molecule has 0 atom stereocenters. The summed E-state index contributed by atoms with van der Waals surface area (Å²) in [5, 5.41) is 11.0. The monoisotopic (exact) mass is 205 g/mol. The number of hydrogen-bond acceptors (Lipinski definition) is 3. The predicted octanol–water partition coefficient (Wildman–Crippen LogP) is 0.721. The molecule has 0 saturated heterocycles. The third-order valence-corrected chi connectivity index (χ3v) is 2.04. The molecule has 0 fully saturated rings. The highest BCUT2D eigenvalue weighted by Crippen LogP contribution is 1.95. The molecule has 0 radical (unpaired) electrons. The van der Waals surface area contributed by atoms with Gasteiger partial charge in [-0.1, -0.05) is 0 Å². The first-order valence-electron chi connectivity index (χ1n) is 4.14. The molecule has 0 unspecified atom stereocenters. The molecule has 2 N–H and O–H groups in total. The van der Waals surface area contributed by atoms with Crippen molar-refractivity contribution in [1.82, 2.24) is 5.32 Å². The van der Waals surface area contributed by atoms with E-state index < -0.39 is 5.97 Å². The number of carbonyl (C=O) groups excluding carboxylic acids is 1. The fourth-order valence-electron chi connectivity index (χ4n) is 0.781. The van der Waals surface area contributed by atoms with Crippen molar-refractivity contribution < 1.29 is 14.7 Å². The number of aliphatic carboxylic acids is 1. The van der Waals surface area contributed by atoms with Gasteiger partial charge < -0.3 is 10.4 Å². The second-order valence-corrected chi connectivity index (χ2v) is 3.58. The van der Waals surface area contributed by atoms with E-state index in [2.05, 4.69) is 5.32 Å². The lowest BCUT2D eigenvalue weighted by atomic mass is 10.2. The van der Waals surface area contributed by atoms with Crippen LogP contribution in [0.1, 0.15) is 19.3 Å². The molecule has 0 aromatic rings. The summed E-state index contributed by atoms with van der Waals surface area (Å²) >= 11 is 1.66. The maximum absolute atomic E-state index is 11.0. The molecule has 0 spiro atoms. The first-order valence-corrected chi connectivity index (χ1v) is 5.53. The molecular weight excluding hydrogens is 190 g/mol. The van der Waals surface area contributed by atoms with E-state index in [1.54, 1.807) is 11.8 Å². The van der Waals surface area contributed by atoms with E-state index in [4.69, 9.17) is 5.11 Å². The minimum Gasteiger partial charge on any atom is -0.481 e. The molecule has 5 heteroatoms. The van der Waals surface area contributed by atoms with Crippen molar-refractivity contribution in [1.29, 1.82) is 0 Å². The molecule has 0 aliphatic rings. The summed E-state index contributed by atoms with van der Waals surface area (Å²) in [5.74, 6) is -0.0165. The van der Waals surface area contributed by atoms with E-state index in [9.17, 15) is 9.59 Å². The van der Waals surface area contributed by atoms with Gasteiger partial charge in [0.15, 0.2) is 0 Å². The number of nitrogens with one attached hydrogen (secondary N) is 1. The van der Waals surface area contributed by atoms with Crippen molar-refractivity contribution in [2.24, 2.45) is 0 Å². The SMILES string of the molecule is CSCCNC(=O)CCCC(=O)O. The van der Waals surface area contributed by atoms with Gasteiger partial charge in [-0.25, -0.2) is 0 Å². The summed E-state index contributed by atoms with van der Waals surface area (Å²) in [5.41, 5.74) is 0. The van der Waals surface area contributed by atoms with Crippen LogP contribution in [0.15, 0.2) is 0 Å². The van der Waals surface area contributed by atoms with Gasteiger partial charge in [0, 0.05) is 25.1 Å². The van der Waals surface area contributed by atoms with Crippen LogP contribution in [0, 0.1) is 0 Å². The predicted molar refractivity (Wildman–Crippen MR) is 52.9 cm³/mol. The normalized spacial score (nSPS) is 9.62. The van der Waals surface area contributed by atoms with Crippen LogP contribution in [0.5, 0.6) is 0 Å². The minimum atomic E-state index is -0.850. The van der Waals surface area contributed by atoms with Gasteiger partial charge in [-0.05, 0) is 12.7 Å². The van der Waals surface area contributed by atoms with Gasteiger partial charge >= 0.3 is 5.97 Å². The minimum absolute atomic E-state index is 0.0599. The van der Waals surface area contributed by atoms with E-state index in [1.165, 1.54) is 0 Å². The summed E-state index contributed by atoms with van der Waals surface area (Å²) in [6, 6.07) is 0. The molecule has 13 heavy (non-hydrogen) atoms. The maximum atomic E-state index is 11.0. The van der Waals surface area contributed by atoms with Crippen LogP contribution >= 0.6 is 11.8 Å². The lowest BCUT2D eigenvalue weighted by Gasteiger charge is -2.02. The van der Waals surface area contributed by atoms with Crippen LogP contribution in [0.4, 0.5) is 0 Å². The van der Waals surface area contributed by atoms with Crippen LogP contribution < -0.4 is 5.32 Å². The smallest absolute Gasteiger partial charge is 0.303 e. The second kappa shape index (κ2) is 7.91. The molecule has 0 aliphatic carbocycles. The summed E-state index contributed by atoms with van der Waals surface area (Å²) in [7, 11) is 0. The van der Waals surface area contributed by atoms with E-state index in [-0.39, 0.29) is 12.3 Å². The Morgan fingerprint density at radius 1 is 1.38 bits per heavy atom. The van der Waals surface area contributed by atoms with E-state index in [0.29, 0.717) is 19.4 Å². The van der Waals surface area contributed by atoms with Crippen molar-refractivity contribution in [3.05, 3.63) is 0 Å². The zero-order valence-corrected chi connectivity index (χ0v) is 8.52. The van der Waals surface area contributed by atoms with Gasteiger partial charge in [-0.3, -0.25) is 9.59 Å². The molecule has 0 aliphatic heterocycles. The van der Waals surface area contributed by atoms with E-state index in [1.807, 2.05) is 6.26 Å². The number of thioether (sulfide) groups is 1. The summed E-state index contributed by atoms with van der Waals surface area (Å²) in [6.45, 7) is 0.660. The van der Waals surface area contributed by atoms with Crippen LogP contribution in [0.3, 0.4) is 0 Å². The Morgan fingerprint density at radius 3 is 2.62 bits per heavy atom. The highest BCUT2D eigenvalue weighted by molar-refractivity contribution is 7.98. The van der Waals surface area contributed by atoms with Crippen molar-refractivity contribution in [2.75, 3.05) is 18.6 Å². The Hall–Kier alpha value is -0.710. The van der Waals surface area contributed by atoms with Gasteiger partial charge in [0.2, 0.25) is 5.91 Å². The first kappa shape index (κ1) is 12.3. The Morgan fingerprint density at radius 2 is 2.08 bits per heavy atom. The lowest BCUT2D eigenvalue weighted by molar-refractivity contribution is -0.137. The molecule has 1 amide bonds. The maximum Gasteiger partial charge on any atom is 0.303 e. The highest BCUT2D eigenvalue weighted by atomic mass is 32.2. The van der Waals surface area contributed by atoms with Crippen LogP contribution in [-0.2, 0) is 9.59 Å². The van der Waals surface area contributed by atoms with E-state index >= 15 is 0 Å². The zero-order valence-electron chi connectivity index (χ0n) is 7.71. The van der Waals surface area contributed by atoms with E-state index in [0.717, 1.165) is 5.75 Å². The standard InChI is InChI=1S/C8H15NO3S/c1-13-6-5-9-7(10)3-2-4-8(11)12/h2-6H2,1H3,(H,9,10)(H,11,12). The summed E-state index contributed by atoms with van der Waals surface area (Å²) < 4.78 is 0. The average molecular weight is 205 g/mol. The van der Waals surface area contributed by atoms with Gasteiger partial charge in [-0.15, -0.1) is 0 Å². The fourth-order valence-corrected chi connectivity index (χ4v) is 1.09. The Kier molecular flexibility index (Phi) is 7.48. The molecule has 0 saturated carbocycles. The molecule has 0 aromatic carbocycles. The molecule has 4 nitrogen and oxygen atoms in total. The zero-order chi connectivity index (χ0) is 10.1. The number of hydrogen-bond donors (Lipinski definition) is 2. The van der Waals surface area contributed by atoms with Crippen molar-refractivity contribution in [3.8, 4) is 0 Å². The average Bonchev–Trinajstić information content (AvgIpc) is 2.04. The Bertz CT molecular complexity index is 173. The topological polar surface area (TPSA) is 66.4 Å². The summed E-state index contributed by atoms with van der Waals surface area (Å²) in [6.07, 6.45) is 2.76. The number of rotatable bonds is 7. The largest absolute Gasteiger partial charge is 0.481 e. The lowest BCUT2D eigenvalue weighted by Crippen LogP contribution is -2.25. The third-order valence-electron chi connectivity index (χ3n) is 1.42. The molecular formula is C8H15NO3S. The molecule has 0 aromatic heterocycles. The third kappa shape index (κ3) is 9.20. The van der Waals surface area contributed by atoms with Crippen LogP contribution in [-0.4, -0.2) is 35.5 Å². The first-order chi connectivity index (χ1) is 6.16. The quantitative estimate of drug-likeness (QED) is 0.601. The molecule has 0 bridgehead atoms. The van der Waals surface area contributed by atoms with Crippen molar-refractivity contribution in [3.63, 3.8) is 0 Å². The molecule has 0 rings (SSSR count). The van der Waals surface area contributed by atoms with Crippen molar-refractivity contribution >= 4 is 23.6 Å². The highest BCUT2D eigenvalue weighted by Gasteiger charge is 2.02. The number of amides is 1. The van der Waals surface area contributed by atoms with Crippen LogP contribution in [0.2, 0.25) is 0 Å².